The first-order chi connectivity index (χ1) is 11.4. The molecule has 0 saturated heterocycles. The summed E-state index contributed by atoms with van der Waals surface area (Å²) in [6.45, 7) is 0. The smallest absolute Gasteiger partial charge is 0.253 e. The van der Waals surface area contributed by atoms with Crippen LogP contribution in [0.15, 0.2) is 48.5 Å². The van der Waals surface area contributed by atoms with Gasteiger partial charge in [-0.05, 0) is 48.0 Å². The summed E-state index contributed by atoms with van der Waals surface area (Å²) in [5.74, 6) is -0.964. The van der Waals surface area contributed by atoms with Crippen LogP contribution in [-0.4, -0.2) is 30.8 Å². The molecule has 2 rings (SSSR count). The van der Waals surface area contributed by atoms with Crippen LogP contribution in [0.3, 0.4) is 0 Å². The summed E-state index contributed by atoms with van der Waals surface area (Å²) in [4.78, 5) is 25.1. The van der Waals surface area contributed by atoms with Crippen LogP contribution in [0.2, 0.25) is 5.02 Å². The molecule has 24 heavy (non-hydrogen) atoms. The van der Waals surface area contributed by atoms with Crippen molar-refractivity contribution in [3.05, 3.63) is 70.5 Å². The second-order valence-electron chi connectivity index (χ2n) is 5.27. The van der Waals surface area contributed by atoms with E-state index in [0.29, 0.717) is 16.8 Å². The molecule has 0 aliphatic heterocycles. The van der Waals surface area contributed by atoms with Gasteiger partial charge >= 0.3 is 0 Å². The molecule has 0 atom stereocenters. The predicted molar refractivity (Wildman–Crippen MR) is 93.5 cm³/mol. The standard InChI is InChI=1S/C18H16ClFN2O2/c1-22(2)18(24)13-5-7-14(8-6-13)21-17(23)10-4-12-3-9-16(20)15(19)11-12/h3-11H,1-2H3,(H,21,23). The predicted octanol–water partition coefficient (Wildman–Crippen LogP) is 3.83. The summed E-state index contributed by atoms with van der Waals surface area (Å²) in [6, 6.07) is 10.8. The molecule has 124 valence electrons. The molecule has 2 amide bonds. The number of carbonyl (C=O) groups excluding carboxylic acids is 2. The molecule has 1 N–H and O–H groups in total. The van der Waals surface area contributed by atoms with Crippen molar-refractivity contribution < 1.29 is 14.0 Å². The molecule has 0 heterocycles. The van der Waals surface area contributed by atoms with Gasteiger partial charge < -0.3 is 10.2 Å². The highest BCUT2D eigenvalue weighted by molar-refractivity contribution is 6.30. The van der Waals surface area contributed by atoms with Crippen LogP contribution in [-0.2, 0) is 4.79 Å². The minimum Gasteiger partial charge on any atom is -0.345 e. The lowest BCUT2D eigenvalue weighted by Crippen LogP contribution is -2.21. The normalized spacial score (nSPS) is 10.7. The van der Waals surface area contributed by atoms with Gasteiger partial charge in [0.1, 0.15) is 5.82 Å². The van der Waals surface area contributed by atoms with E-state index < -0.39 is 5.82 Å². The van der Waals surface area contributed by atoms with Crippen LogP contribution in [0.5, 0.6) is 0 Å². The Morgan fingerprint density at radius 3 is 2.38 bits per heavy atom. The van der Waals surface area contributed by atoms with Crippen LogP contribution < -0.4 is 5.32 Å². The van der Waals surface area contributed by atoms with Crippen molar-refractivity contribution >= 4 is 35.2 Å². The van der Waals surface area contributed by atoms with Crippen LogP contribution in [0.25, 0.3) is 6.08 Å². The lowest BCUT2D eigenvalue weighted by Gasteiger charge is -2.10. The summed E-state index contributed by atoms with van der Waals surface area (Å²) in [7, 11) is 3.34. The lowest BCUT2D eigenvalue weighted by molar-refractivity contribution is -0.111. The Labute approximate surface area is 144 Å². The molecule has 2 aromatic rings. The highest BCUT2D eigenvalue weighted by Gasteiger charge is 2.07. The molecular weight excluding hydrogens is 331 g/mol. The van der Waals surface area contributed by atoms with Gasteiger partial charge in [0.25, 0.3) is 5.91 Å². The molecule has 0 unspecified atom stereocenters. The summed E-state index contributed by atoms with van der Waals surface area (Å²) >= 11 is 5.68. The van der Waals surface area contributed by atoms with Crippen molar-refractivity contribution in [2.24, 2.45) is 0 Å². The van der Waals surface area contributed by atoms with Crippen LogP contribution >= 0.6 is 11.6 Å². The van der Waals surface area contributed by atoms with Gasteiger partial charge in [-0.2, -0.15) is 0 Å². The highest BCUT2D eigenvalue weighted by Crippen LogP contribution is 2.17. The van der Waals surface area contributed by atoms with Gasteiger partial charge in [0.05, 0.1) is 5.02 Å². The van der Waals surface area contributed by atoms with Gasteiger partial charge in [-0.3, -0.25) is 9.59 Å². The summed E-state index contributed by atoms with van der Waals surface area (Å²) in [5, 5.41) is 2.67. The molecule has 2 aromatic carbocycles. The lowest BCUT2D eigenvalue weighted by atomic mass is 10.2. The van der Waals surface area contributed by atoms with Gasteiger partial charge in [-0.25, -0.2) is 4.39 Å². The van der Waals surface area contributed by atoms with Crippen LogP contribution in [0.1, 0.15) is 15.9 Å². The zero-order chi connectivity index (χ0) is 17.7. The number of halogens is 2. The summed E-state index contributed by atoms with van der Waals surface area (Å²) < 4.78 is 13.1. The quantitative estimate of drug-likeness (QED) is 0.855. The maximum atomic E-state index is 13.1. The molecule has 0 aliphatic carbocycles. The Bertz CT molecular complexity index is 786. The van der Waals surface area contributed by atoms with E-state index in [1.54, 1.807) is 38.4 Å². The fraction of sp³-hybridized carbons (Fsp3) is 0.111. The van der Waals surface area contributed by atoms with E-state index in [2.05, 4.69) is 5.32 Å². The first-order valence-corrected chi connectivity index (χ1v) is 7.50. The average molecular weight is 347 g/mol. The topological polar surface area (TPSA) is 49.4 Å². The molecule has 0 bridgehead atoms. The van der Waals surface area contributed by atoms with Crippen molar-refractivity contribution in [1.29, 1.82) is 0 Å². The number of amides is 2. The van der Waals surface area contributed by atoms with Crippen LogP contribution in [0, 0.1) is 5.82 Å². The fourth-order valence-electron chi connectivity index (χ4n) is 1.93. The number of benzene rings is 2. The fourth-order valence-corrected chi connectivity index (χ4v) is 2.12. The van der Waals surface area contributed by atoms with Gasteiger partial charge in [0, 0.05) is 31.4 Å². The Balaban J connectivity index is 2.00. The van der Waals surface area contributed by atoms with E-state index in [-0.39, 0.29) is 16.8 Å². The van der Waals surface area contributed by atoms with Gasteiger partial charge in [-0.1, -0.05) is 17.7 Å². The zero-order valence-corrected chi connectivity index (χ0v) is 14.0. The third-order valence-electron chi connectivity index (χ3n) is 3.18. The average Bonchev–Trinajstić information content (AvgIpc) is 2.56. The van der Waals surface area contributed by atoms with Crippen molar-refractivity contribution in [3.8, 4) is 0 Å². The van der Waals surface area contributed by atoms with E-state index in [1.165, 1.54) is 35.3 Å². The van der Waals surface area contributed by atoms with Gasteiger partial charge in [-0.15, -0.1) is 0 Å². The monoisotopic (exact) mass is 346 g/mol. The minimum absolute atomic E-state index is 0.00120. The molecule has 6 heteroatoms. The van der Waals surface area contributed by atoms with E-state index >= 15 is 0 Å². The van der Waals surface area contributed by atoms with Gasteiger partial charge in [0.15, 0.2) is 0 Å². The Morgan fingerprint density at radius 2 is 1.79 bits per heavy atom. The molecule has 0 aliphatic rings. The number of hydrogen-bond donors (Lipinski definition) is 1. The van der Waals surface area contributed by atoms with Crippen LogP contribution in [0.4, 0.5) is 10.1 Å². The first-order valence-electron chi connectivity index (χ1n) is 7.12. The molecule has 0 saturated carbocycles. The van der Waals surface area contributed by atoms with E-state index in [0.717, 1.165) is 0 Å². The number of nitrogens with one attached hydrogen (secondary N) is 1. The molecule has 4 nitrogen and oxygen atoms in total. The molecule has 0 aromatic heterocycles. The number of rotatable bonds is 4. The maximum absolute atomic E-state index is 13.1. The second kappa shape index (κ2) is 7.75. The molecular formula is C18H16ClFN2O2. The first kappa shape index (κ1) is 17.7. The number of anilines is 1. The third-order valence-corrected chi connectivity index (χ3v) is 3.47. The zero-order valence-electron chi connectivity index (χ0n) is 13.2. The van der Waals surface area contributed by atoms with Gasteiger partial charge in [0.2, 0.25) is 5.91 Å². The summed E-state index contributed by atoms with van der Waals surface area (Å²) in [6.07, 6.45) is 2.85. The third kappa shape index (κ3) is 4.67. The van der Waals surface area contributed by atoms with Crippen molar-refractivity contribution in [1.82, 2.24) is 4.90 Å². The Kier molecular flexibility index (Phi) is 5.71. The highest BCUT2D eigenvalue weighted by atomic mass is 35.5. The Hall–Kier alpha value is -2.66. The van der Waals surface area contributed by atoms with E-state index in [1.807, 2.05) is 0 Å². The Morgan fingerprint density at radius 1 is 1.12 bits per heavy atom. The second-order valence-corrected chi connectivity index (χ2v) is 5.68. The number of hydrogen-bond acceptors (Lipinski definition) is 2. The molecule has 0 fully saturated rings. The number of nitrogens with zero attached hydrogens (tertiary/aromatic N) is 1. The molecule has 0 spiro atoms. The van der Waals surface area contributed by atoms with Crippen molar-refractivity contribution in [2.75, 3.05) is 19.4 Å². The summed E-state index contributed by atoms with van der Waals surface area (Å²) in [5.41, 5.74) is 1.72. The van der Waals surface area contributed by atoms with Crippen molar-refractivity contribution in [3.63, 3.8) is 0 Å². The maximum Gasteiger partial charge on any atom is 0.253 e. The van der Waals surface area contributed by atoms with E-state index in [9.17, 15) is 14.0 Å². The minimum atomic E-state index is -0.509. The molecule has 0 radical (unpaired) electrons. The number of carbonyl (C=O) groups is 2. The largest absolute Gasteiger partial charge is 0.345 e. The van der Waals surface area contributed by atoms with Crippen molar-refractivity contribution in [2.45, 2.75) is 0 Å². The SMILES string of the molecule is CN(C)C(=O)c1ccc(NC(=O)C=Cc2ccc(F)c(Cl)c2)cc1. The van der Waals surface area contributed by atoms with E-state index in [4.69, 9.17) is 11.6 Å².